The van der Waals surface area contributed by atoms with E-state index < -0.39 is 0 Å². The van der Waals surface area contributed by atoms with E-state index in [9.17, 15) is 0 Å². The van der Waals surface area contributed by atoms with Crippen molar-refractivity contribution < 1.29 is 4.74 Å². The lowest BCUT2D eigenvalue weighted by atomic mass is 10.0. The normalized spacial score (nSPS) is 19.7. The van der Waals surface area contributed by atoms with Crippen LogP contribution in [0.1, 0.15) is 31.2 Å². The number of benzene rings is 1. The van der Waals surface area contributed by atoms with Crippen LogP contribution >= 0.6 is 24.0 Å². The first-order chi connectivity index (χ1) is 10.2. The standard InChI is InChI=1S/C17H25ClN2O.ClH/c1-21-17-5-4-14(10-16(17)18)12-20-8-6-15(7-9-20)19-11-13-2-3-13;/h4-5,10,13,15,19H,2-3,6-9,11-12H2,1H3;1H. The zero-order valence-electron chi connectivity index (χ0n) is 13.2. The highest BCUT2D eigenvalue weighted by molar-refractivity contribution is 6.32. The van der Waals surface area contributed by atoms with Gasteiger partial charge >= 0.3 is 0 Å². The van der Waals surface area contributed by atoms with E-state index in [1.165, 1.54) is 50.9 Å². The molecule has 5 heteroatoms. The first-order valence-corrected chi connectivity index (χ1v) is 8.40. The zero-order chi connectivity index (χ0) is 14.7. The molecule has 2 aliphatic rings. The SMILES string of the molecule is COc1ccc(CN2CCC(NCC3CC3)CC2)cc1Cl.Cl. The van der Waals surface area contributed by atoms with Crippen LogP contribution in [0.15, 0.2) is 18.2 Å². The maximum absolute atomic E-state index is 6.19. The summed E-state index contributed by atoms with van der Waals surface area (Å²) >= 11 is 6.19. The van der Waals surface area contributed by atoms with Crippen molar-refractivity contribution in [3.63, 3.8) is 0 Å². The van der Waals surface area contributed by atoms with Gasteiger partial charge in [-0.1, -0.05) is 17.7 Å². The monoisotopic (exact) mass is 344 g/mol. The van der Waals surface area contributed by atoms with Gasteiger partial charge in [0.1, 0.15) is 5.75 Å². The van der Waals surface area contributed by atoms with Gasteiger partial charge in [0.05, 0.1) is 12.1 Å². The predicted octanol–water partition coefficient (Wildman–Crippen LogP) is 3.73. The Morgan fingerprint density at radius 1 is 1.23 bits per heavy atom. The molecule has 1 saturated carbocycles. The average Bonchev–Trinajstić information content (AvgIpc) is 3.31. The molecule has 0 atom stereocenters. The number of hydrogen-bond acceptors (Lipinski definition) is 3. The molecule has 0 unspecified atom stereocenters. The fourth-order valence-corrected chi connectivity index (χ4v) is 3.30. The first-order valence-electron chi connectivity index (χ1n) is 8.03. The topological polar surface area (TPSA) is 24.5 Å². The number of ether oxygens (including phenoxy) is 1. The van der Waals surface area contributed by atoms with E-state index in [4.69, 9.17) is 16.3 Å². The largest absolute Gasteiger partial charge is 0.495 e. The smallest absolute Gasteiger partial charge is 0.137 e. The Hall–Kier alpha value is -0.480. The lowest BCUT2D eigenvalue weighted by Gasteiger charge is -2.32. The Balaban J connectivity index is 0.00000176. The molecule has 3 rings (SSSR count). The molecule has 22 heavy (non-hydrogen) atoms. The van der Waals surface area contributed by atoms with Gasteiger partial charge in [-0.2, -0.15) is 0 Å². The Morgan fingerprint density at radius 2 is 1.95 bits per heavy atom. The zero-order valence-corrected chi connectivity index (χ0v) is 14.8. The number of methoxy groups -OCH3 is 1. The Kier molecular flexibility index (Phi) is 6.82. The Morgan fingerprint density at radius 3 is 2.55 bits per heavy atom. The van der Waals surface area contributed by atoms with Crippen LogP contribution in [0.5, 0.6) is 5.75 Å². The number of halogens is 2. The van der Waals surface area contributed by atoms with Gasteiger partial charge in [-0.25, -0.2) is 0 Å². The minimum Gasteiger partial charge on any atom is -0.495 e. The highest BCUT2D eigenvalue weighted by Crippen LogP contribution is 2.28. The van der Waals surface area contributed by atoms with Crippen LogP contribution in [0, 0.1) is 5.92 Å². The van der Waals surface area contributed by atoms with Gasteiger partial charge in [-0.05, 0) is 68.9 Å². The molecule has 0 radical (unpaired) electrons. The van der Waals surface area contributed by atoms with Gasteiger partial charge in [-0.3, -0.25) is 4.90 Å². The van der Waals surface area contributed by atoms with Gasteiger partial charge in [0.25, 0.3) is 0 Å². The van der Waals surface area contributed by atoms with Crippen LogP contribution < -0.4 is 10.1 Å². The van der Waals surface area contributed by atoms with Crippen molar-refractivity contribution in [2.45, 2.75) is 38.3 Å². The van der Waals surface area contributed by atoms with E-state index in [1.807, 2.05) is 12.1 Å². The fraction of sp³-hybridized carbons (Fsp3) is 0.647. The van der Waals surface area contributed by atoms with E-state index in [1.54, 1.807) is 7.11 Å². The van der Waals surface area contributed by atoms with Gasteiger partial charge in [0, 0.05) is 12.6 Å². The summed E-state index contributed by atoms with van der Waals surface area (Å²) in [5.74, 6) is 1.73. The number of rotatable bonds is 6. The summed E-state index contributed by atoms with van der Waals surface area (Å²) in [6, 6.07) is 6.82. The highest BCUT2D eigenvalue weighted by Gasteiger charge is 2.24. The number of nitrogens with one attached hydrogen (secondary N) is 1. The molecule has 2 fully saturated rings. The molecule has 1 N–H and O–H groups in total. The summed E-state index contributed by atoms with van der Waals surface area (Å²) in [7, 11) is 1.65. The Labute approximate surface area is 144 Å². The van der Waals surface area contributed by atoms with E-state index in [0.29, 0.717) is 5.02 Å². The molecule has 3 nitrogen and oxygen atoms in total. The second kappa shape index (κ2) is 8.39. The fourth-order valence-electron chi connectivity index (χ4n) is 3.02. The summed E-state index contributed by atoms with van der Waals surface area (Å²) in [4.78, 5) is 2.52. The van der Waals surface area contributed by atoms with Crippen LogP contribution in [-0.4, -0.2) is 37.7 Å². The van der Waals surface area contributed by atoms with E-state index >= 15 is 0 Å². The number of nitrogens with zero attached hydrogens (tertiary/aromatic N) is 1. The molecule has 1 aliphatic carbocycles. The van der Waals surface area contributed by atoms with Gasteiger partial charge in [-0.15, -0.1) is 12.4 Å². The number of piperidine rings is 1. The minimum absolute atomic E-state index is 0. The van der Waals surface area contributed by atoms with Crippen molar-refractivity contribution in [3.05, 3.63) is 28.8 Å². The lowest BCUT2D eigenvalue weighted by Crippen LogP contribution is -2.42. The molecule has 1 aromatic carbocycles. The summed E-state index contributed by atoms with van der Waals surface area (Å²) in [6.07, 6.45) is 5.39. The summed E-state index contributed by atoms with van der Waals surface area (Å²) in [5, 5.41) is 4.43. The third-order valence-electron chi connectivity index (χ3n) is 4.60. The van der Waals surface area contributed by atoms with E-state index in [2.05, 4.69) is 16.3 Å². The molecule has 1 heterocycles. The van der Waals surface area contributed by atoms with Gasteiger partial charge in [0.2, 0.25) is 0 Å². The van der Waals surface area contributed by atoms with Gasteiger partial charge < -0.3 is 10.1 Å². The molecular formula is C17H26Cl2N2O. The number of likely N-dealkylation sites (tertiary alicyclic amines) is 1. The van der Waals surface area contributed by atoms with E-state index in [-0.39, 0.29) is 12.4 Å². The third-order valence-corrected chi connectivity index (χ3v) is 4.90. The summed E-state index contributed by atoms with van der Waals surface area (Å²) in [5.41, 5.74) is 1.27. The summed E-state index contributed by atoms with van der Waals surface area (Å²) < 4.78 is 5.20. The van der Waals surface area contributed by atoms with Crippen molar-refractivity contribution >= 4 is 24.0 Å². The minimum atomic E-state index is 0. The molecule has 0 spiro atoms. The Bertz CT molecular complexity index is 472. The third kappa shape index (κ3) is 5.02. The first kappa shape index (κ1) is 17.9. The molecule has 0 amide bonds. The second-order valence-corrected chi connectivity index (χ2v) is 6.78. The number of hydrogen-bond donors (Lipinski definition) is 1. The molecule has 1 aliphatic heterocycles. The van der Waals surface area contributed by atoms with Crippen molar-refractivity contribution in [2.75, 3.05) is 26.7 Å². The van der Waals surface area contributed by atoms with Crippen molar-refractivity contribution in [2.24, 2.45) is 5.92 Å². The van der Waals surface area contributed by atoms with Gasteiger partial charge in [0.15, 0.2) is 0 Å². The quantitative estimate of drug-likeness (QED) is 0.850. The predicted molar refractivity (Wildman–Crippen MR) is 94.3 cm³/mol. The van der Waals surface area contributed by atoms with Crippen LogP contribution in [0.2, 0.25) is 5.02 Å². The maximum atomic E-state index is 6.19. The van der Waals surface area contributed by atoms with Crippen LogP contribution in [0.3, 0.4) is 0 Å². The maximum Gasteiger partial charge on any atom is 0.137 e. The van der Waals surface area contributed by atoms with Crippen LogP contribution in [0.25, 0.3) is 0 Å². The summed E-state index contributed by atoms with van der Waals surface area (Å²) in [6.45, 7) is 4.57. The van der Waals surface area contributed by atoms with E-state index in [0.717, 1.165) is 24.3 Å². The average molecular weight is 345 g/mol. The molecule has 1 saturated heterocycles. The molecular weight excluding hydrogens is 319 g/mol. The molecule has 1 aromatic rings. The molecule has 0 aromatic heterocycles. The highest BCUT2D eigenvalue weighted by atomic mass is 35.5. The van der Waals surface area contributed by atoms with Crippen molar-refractivity contribution in [1.82, 2.24) is 10.2 Å². The van der Waals surface area contributed by atoms with Crippen LogP contribution in [0.4, 0.5) is 0 Å². The van der Waals surface area contributed by atoms with Crippen molar-refractivity contribution in [1.29, 1.82) is 0 Å². The molecule has 124 valence electrons. The molecule has 0 bridgehead atoms. The lowest BCUT2D eigenvalue weighted by molar-refractivity contribution is 0.190. The second-order valence-electron chi connectivity index (χ2n) is 6.37. The van der Waals surface area contributed by atoms with Crippen molar-refractivity contribution in [3.8, 4) is 5.75 Å². The van der Waals surface area contributed by atoms with Crippen LogP contribution in [-0.2, 0) is 6.54 Å².